The van der Waals surface area contributed by atoms with Crippen molar-refractivity contribution in [3.05, 3.63) is 313 Å². The molecule has 20 aromatic rings. The molecule has 13 aromatic carbocycles. The fourth-order valence-corrected chi connectivity index (χ4v) is 15.5. The molecule has 103 heavy (non-hydrogen) atoms. The Kier molecular flexibility index (Phi) is 16.3. The Morgan fingerprint density at radius 3 is 1.28 bits per heavy atom. The topological polar surface area (TPSA) is 98.0 Å². The number of fused-ring (bicyclic) bond motifs is 11. The number of hydrogen-bond donors (Lipinski definition) is 0. The van der Waals surface area contributed by atoms with Crippen LogP contribution in [0.25, 0.3) is 170 Å². The first-order chi connectivity index (χ1) is 50.3. The Labute approximate surface area is 599 Å². The molecule has 0 saturated heterocycles. The standard InChI is InChI=1S/C28H22N3.C22H17N2O.C22H17N2S.C19H16N3/c1-19-12-13-26-24(14-15-31(26)23-10-4-3-5-11-23)28(19)27-18-22-16-20-8-6-7-9-21(20)17-25(22)29-30(27)2;2*1-14-7-8-21-18(9-10-25-21)22(14)20-13-17-11-15-5-3-4-6-16(15)12-19(17)23-24(20)2;1-13-7-3-6-10-16(13)19-20-17-11-14-8-4-5-9-15(14)12-18(17)21-22(19)2/h3-18H,1-2H3;2*3-13H,1-2H3;3-12H,1-2H3/q4*+1. The molecule has 0 N–H and O–H groups in total. The van der Waals surface area contributed by atoms with Crippen molar-refractivity contribution < 1.29 is 23.1 Å². The molecule has 7 aromatic heterocycles. The second kappa shape index (κ2) is 26.4. The molecule has 0 aliphatic rings. The highest BCUT2D eigenvalue weighted by atomic mass is 32.1. The third-order valence-corrected chi connectivity index (χ3v) is 20.9. The van der Waals surface area contributed by atoms with Gasteiger partial charge in [-0.2, -0.15) is 0 Å². The number of thiophene rings is 1. The van der Waals surface area contributed by atoms with E-state index in [4.69, 9.17) is 29.8 Å². The highest BCUT2D eigenvalue weighted by Crippen LogP contribution is 2.38. The highest BCUT2D eigenvalue weighted by molar-refractivity contribution is 7.17. The maximum atomic E-state index is 5.59. The third-order valence-electron chi connectivity index (χ3n) is 20.0. The lowest BCUT2D eigenvalue weighted by atomic mass is 9.99. The molecule has 494 valence electrons. The van der Waals surface area contributed by atoms with E-state index in [2.05, 4.69) is 280 Å². The molecule has 7 heterocycles. The van der Waals surface area contributed by atoms with Crippen LogP contribution < -0.4 is 18.7 Å². The molecule has 0 aliphatic carbocycles. The second-order valence-corrected chi connectivity index (χ2v) is 27.6. The van der Waals surface area contributed by atoms with E-state index in [1.807, 2.05) is 83.3 Å². The minimum Gasteiger partial charge on any atom is -0.464 e. The average molecular weight is 1350 g/mol. The van der Waals surface area contributed by atoms with Crippen LogP contribution in [0.2, 0.25) is 0 Å². The molecule has 0 bridgehead atoms. The number of rotatable bonds is 5. The summed E-state index contributed by atoms with van der Waals surface area (Å²) in [5, 5.41) is 38.4. The Hall–Kier alpha value is -12.8. The van der Waals surface area contributed by atoms with Crippen LogP contribution >= 0.6 is 11.3 Å². The molecule has 20 rings (SSSR count). The Balaban J connectivity index is 0.000000103. The van der Waals surface area contributed by atoms with E-state index in [1.165, 1.54) is 114 Å². The normalized spacial score (nSPS) is 11.5. The van der Waals surface area contributed by atoms with Gasteiger partial charge in [0, 0.05) is 82.4 Å². The van der Waals surface area contributed by atoms with E-state index in [1.54, 1.807) is 17.6 Å². The van der Waals surface area contributed by atoms with Gasteiger partial charge in [0.05, 0.1) is 34.0 Å². The van der Waals surface area contributed by atoms with E-state index in [-0.39, 0.29) is 0 Å². The van der Waals surface area contributed by atoms with Crippen LogP contribution in [0, 0.1) is 27.7 Å². The summed E-state index contributed by atoms with van der Waals surface area (Å²) in [5.41, 5.74) is 21.3. The van der Waals surface area contributed by atoms with Crippen LogP contribution in [0.1, 0.15) is 22.3 Å². The molecular weight excluding hydrogens is 1280 g/mol. The predicted molar refractivity (Wildman–Crippen MR) is 422 cm³/mol. The second-order valence-electron chi connectivity index (χ2n) is 26.7. The molecule has 0 atom stereocenters. The SMILES string of the molecule is Cc1ccc2c(ccn2-c2ccccc2)c1-c1cc2cc3ccccc3cc2n[n+]1C.Cc1ccc2occc2c1-c1cc2cc3ccccc3cc2n[n+]1C.Cc1ccc2sccc2c1-c1cc2cc3ccccc3cc2n[n+]1C.Cc1ccccc1-c1nc2cc3ccccc3cc2n[n+]1C. The maximum Gasteiger partial charge on any atom is 0.351 e. The molecule has 0 fully saturated rings. The Morgan fingerprint density at radius 2 is 0.757 bits per heavy atom. The van der Waals surface area contributed by atoms with E-state index in [9.17, 15) is 0 Å². The van der Waals surface area contributed by atoms with Gasteiger partial charge in [0.2, 0.25) is 22.6 Å². The first-order valence-corrected chi connectivity index (χ1v) is 35.5. The molecular formula is C91H72N10OS+4. The van der Waals surface area contributed by atoms with Gasteiger partial charge in [-0.25, -0.2) is 0 Å². The van der Waals surface area contributed by atoms with Crippen molar-refractivity contribution >= 4 is 130 Å². The van der Waals surface area contributed by atoms with Crippen LogP contribution in [-0.4, -0.2) is 29.9 Å². The highest BCUT2D eigenvalue weighted by Gasteiger charge is 2.25. The van der Waals surface area contributed by atoms with Crippen LogP contribution in [0.15, 0.2) is 295 Å². The minimum absolute atomic E-state index is 0.890. The van der Waals surface area contributed by atoms with Gasteiger partial charge >= 0.3 is 5.82 Å². The zero-order chi connectivity index (χ0) is 70.0. The quantitative estimate of drug-likeness (QED) is 0.126. The van der Waals surface area contributed by atoms with Gasteiger partial charge in [-0.15, -0.1) is 16.0 Å². The molecule has 0 radical (unpaired) electrons. The summed E-state index contributed by atoms with van der Waals surface area (Å²) in [4.78, 5) is 4.86. The summed E-state index contributed by atoms with van der Waals surface area (Å²) in [6, 6.07) is 96.0. The van der Waals surface area contributed by atoms with Crippen molar-refractivity contribution in [2.75, 3.05) is 0 Å². The monoisotopic (exact) mass is 1350 g/mol. The van der Waals surface area contributed by atoms with Crippen molar-refractivity contribution in [1.82, 2.24) is 29.9 Å². The number of furan rings is 1. The molecule has 0 spiro atoms. The molecule has 0 saturated carbocycles. The summed E-state index contributed by atoms with van der Waals surface area (Å²) in [5.74, 6) is 0.890. The van der Waals surface area contributed by atoms with Gasteiger partial charge in [-0.3, -0.25) is 0 Å². The lowest BCUT2D eigenvalue weighted by molar-refractivity contribution is -0.720. The largest absolute Gasteiger partial charge is 0.464 e. The molecule has 11 nitrogen and oxygen atoms in total. The number of nitrogens with zero attached hydrogens (tertiary/aromatic N) is 10. The number of hydrogen-bond acceptors (Lipinski definition) is 7. The van der Waals surface area contributed by atoms with Crippen molar-refractivity contribution in [3.63, 3.8) is 0 Å². The maximum absolute atomic E-state index is 5.59. The summed E-state index contributed by atoms with van der Waals surface area (Å²) in [6.07, 6.45) is 3.90. The van der Waals surface area contributed by atoms with Gasteiger partial charge in [-0.1, -0.05) is 171 Å². The van der Waals surface area contributed by atoms with Crippen LogP contribution in [0.5, 0.6) is 0 Å². The van der Waals surface area contributed by atoms with Crippen molar-refractivity contribution in [2.24, 2.45) is 28.2 Å². The smallest absolute Gasteiger partial charge is 0.351 e. The van der Waals surface area contributed by atoms with Crippen molar-refractivity contribution in [2.45, 2.75) is 27.7 Å². The fraction of sp³-hybridized carbons (Fsp3) is 0.0879. The average Bonchev–Trinajstić information content (AvgIpc) is 1.75. The molecule has 0 amide bonds. The van der Waals surface area contributed by atoms with Crippen LogP contribution in [0.3, 0.4) is 0 Å². The zero-order valence-corrected chi connectivity index (χ0v) is 59.3. The molecule has 0 unspecified atom stereocenters. The van der Waals surface area contributed by atoms with Gasteiger partial charge in [-0.05, 0) is 207 Å². The van der Waals surface area contributed by atoms with E-state index in [0.717, 1.165) is 77.8 Å². The predicted octanol–water partition coefficient (Wildman–Crippen LogP) is 20.1. The summed E-state index contributed by atoms with van der Waals surface area (Å²) < 4.78 is 17.0. The Bertz CT molecular complexity index is 6550. The van der Waals surface area contributed by atoms with E-state index < -0.39 is 0 Å². The Morgan fingerprint density at radius 1 is 0.330 bits per heavy atom. The van der Waals surface area contributed by atoms with E-state index >= 15 is 0 Å². The number of aryl methyl sites for hydroxylation is 8. The number of para-hydroxylation sites is 1. The van der Waals surface area contributed by atoms with Crippen molar-refractivity contribution in [1.29, 1.82) is 0 Å². The molecule has 12 heteroatoms. The van der Waals surface area contributed by atoms with E-state index in [0.29, 0.717) is 0 Å². The summed E-state index contributed by atoms with van der Waals surface area (Å²) >= 11 is 1.79. The fourth-order valence-electron chi connectivity index (χ4n) is 14.7. The third kappa shape index (κ3) is 12.0. The van der Waals surface area contributed by atoms with Crippen LogP contribution in [-0.2, 0) is 28.2 Å². The summed E-state index contributed by atoms with van der Waals surface area (Å²) in [7, 11) is 8.02. The molecule has 0 aliphatic heterocycles. The lowest BCUT2D eigenvalue weighted by Gasteiger charge is -2.09. The van der Waals surface area contributed by atoms with Gasteiger partial charge in [0.15, 0.2) is 26.7 Å². The summed E-state index contributed by atoms with van der Waals surface area (Å²) in [6.45, 7) is 8.59. The van der Waals surface area contributed by atoms with Crippen molar-refractivity contribution in [3.8, 4) is 50.8 Å². The van der Waals surface area contributed by atoms with Gasteiger partial charge in [0.25, 0.3) is 0 Å². The number of benzene rings is 13. The van der Waals surface area contributed by atoms with Gasteiger partial charge < -0.3 is 8.98 Å². The number of aromatic nitrogens is 10. The first kappa shape index (κ1) is 63.7. The van der Waals surface area contributed by atoms with Gasteiger partial charge in [0.1, 0.15) is 29.2 Å². The van der Waals surface area contributed by atoms with Crippen LogP contribution in [0.4, 0.5) is 0 Å². The lowest BCUT2D eigenvalue weighted by Crippen LogP contribution is -2.37. The first-order valence-electron chi connectivity index (χ1n) is 34.7. The minimum atomic E-state index is 0.890. The zero-order valence-electron chi connectivity index (χ0n) is 58.5.